The molecule has 32 heavy (non-hydrogen) atoms. The van der Waals surface area contributed by atoms with Crippen molar-refractivity contribution in [3.05, 3.63) is 119 Å². The summed E-state index contributed by atoms with van der Waals surface area (Å²) >= 11 is 0. The van der Waals surface area contributed by atoms with E-state index in [4.69, 9.17) is 0 Å². The lowest BCUT2D eigenvalue weighted by molar-refractivity contribution is 0.194. The minimum atomic E-state index is -0.688. The first-order valence-corrected chi connectivity index (χ1v) is 10.4. The molecule has 160 valence electrons. The molecule has 3 aromatic carbocycles. The molecular formula is C26H21F2N3O. The molecule has 1 aliphatic heterocycles. The molecule has 1 atom stereocenters. The highest BCUT2D eigenvalue weighted by Crippen LogP contribution is 2.37. The number of rotatable bonds is 2. The van der Waals surface area contributed by atoms with Gasteiger partial charge in [0.1, 0.15) is 11.6 Å². The van der Waals surface area contributed by atoms with Crippen LogP contribution in [0.25, 0.3) is 5.69 Å². The lowest BCUT2D eigenvalue weighted by atomic mass is 10.0. The number of hydrogen-bond donors (Lipinski definition) is 1. The fraction of sp³-hybridized carbons (Fsp3) is 0.115. The first-order chi connectivity index (χ1) is 15.5. The van der Waals surface area contributed by atoms with Crippen molar-refractivity contribution in [1.29, 1.82) is 0 Å². The van der Waals surface area contributed by atoms with Crippen LogP contribution in [-0.2, 0) is 6.54 Å². The van der Waals surface area contributed by atoms with E-state index in [-0.39, 0.29) is 12.6 Å². The first-order valence-electron chi connectivity index (χ1n) is 10.4. The van der Waals surface area contributed by atoms with Gasteiger partial charge in [0, 0.05) is 23.6 Å². The van der Waals surface area contributed by atoms with E-state index in [1.807, 2.05) is 78.4 Å². The highest BCUT2D eigenvalue weighted by molar-refractivity contribution is 5.91. The summed E-state index contributed by atoms with van der Waals surface area (Å²) in [6.07, 6.45) is 1.90. The smallest absolute Gasteiger partial charge is 0.318 e. The molecule has 0 unspecified atom stereocenters. The Bertz CT molecular complexity index is 1290. The molecule has 4 aromatic rings. The fourth-order valence-electron chi connectivity index (χ4n) is 4.32. The van der Waals surface area contributed by atoms with Gasteiger partial charge in [-0.2, -0.15) is 0 Å². The Morgan fingerprint density at radius 2 is 1.66 bits per heavy atom. The number of nitrogens with one attached hydrogen (secondary N) is 1. The normalized spacial score (nSPS) is 15.0. The Kier molecular flexibility index (Phi) is 4.98. The second kappa shape index (κ2) is 7.96. The molecule has 2 amide bonds. The van der Waals surface area contributed by atoms with Crippen molar-refractivity contribution in [2.24, 2.45) is 0 Å². The largest absolute Gasteiger partial charge is 0.322 e. The maximum Gasteiger partial charge on any atom is 0.322 e. The lowest BCUT2D eigenvalue weighted by Crippen LogP contribution is -2.38. The van der Waals surface area contributed by atoms with Crippen molar-refractivity contribution in [2.45, 2.75) is 19.5 Å². The number of fused-ring (bicyclic) bond motifs is 3. The molecule has 0 fully saturated rings. The number of carbonyl (C=O) groups excluding carboxylic acids is 1. The topological polar surface area (TPSA) is 37.3 Å². The Labute approximate surface area is 184 Å². The molecule has 1 aliphatic rings. The quantitative estimate of drug-likeness (QED) is 0.405. The monoisotopic (exact) mass is 429 g/mol. The van der Waals surface area contributed by atoms with Gasteiger partial charge in [0.25, 0.3) is 0 Å². The van der Waals surface area contributed by atoms with Gasteiger partial charge in [0.05, 0.1) is 18.3 Å². The molecule has 1 aromatic heterocycles. The average Bonchev–Trinajstić information content (AvgIpc) is 3.18. The molecule has 5 rings (SSSR count). The zero-order valence-electron chi connectivity index (χ0n) is 17.4. The summed E-state index contributed by atoms with van der Waals surface area (Å²) in [6.45, 7) is 2.19. The van der Waals surface area contributed by atoms with Crippen LogP contribution in [0.5, 0.6) is 0 Å². The van der Waals surface area contributed by atoms with Crippen molar-refractivity contribution >= 4 is 11.7 Å². The van der Waals surface area contributed by atoms with E-state index in [9.17, 15) is 13.6 Å². The zero-order valence-corrected chi connectivity index (χ0v) is 17.4. The standard InChI is InChI=1S/C26H21F2N3O/c1-17-7-2-4-9-22(17)29-26(32)31-16-18-8-3-5-10-23(18)30-12-6-11-24(30)25(31)19-13-20(27)15-21(28)14-19/h2-15,25H,16H2,1H3,(H,29,32)/t25-/m0/s1. The van der Waals surface area contributed by atoms with Gasteiger partial charge in [-0.05, 0) is 60.0 Å². The number of urea groups is 1. The van der Waals surface area contributed by atoms with Crippen LogP contribution >= 0.6 is 0 Å². The molecule has 0 saturated heterocycles. The third-order valence-electron chi connectivity index (χ3n) is 5.81. The van der Waals surface area contributed by atoms with Crippen LogP contribution in [0.3, 0.4) is 0 Å². The van der Waals surface area contributed by atoms with Gasteiger partial charge in [-0.3, -0.25) is 0 Å². The second-order valence-corrected chi connectivity index (χ2v) is 7.91. The van der Waals surface area contributed by atoms with Crippen LogP contribution in [0.4, 0.5) is 19.3 Å². The third-order valence-corrected chi connectivity index (χ3v) is 5.81. The van der Waals surface area contributed by atoms with Crippen LogP contribution in [0.15, 0.2) is 85.1 Å². The summed E-state index contributed by atoms with van der Waals surface area (Å²) in [5.74, 6) is -1.36. The summed E-state index contributed by atoms with van der Waals surface area (Å²) in [5, 5.41) is 2.98. The van der Waals surface area contributed by atoms with Gasteiger partial charge >= 0.3 is 6.03 Å². The highest BCUT2D eigenvalue weighted by Gasteiger charge is 2.33. The van der Waals surface area contributed by atoms with E-state index in [0.717, 1.165) is 28.6 Å². The molecule has 0 saturated carbocycles. The van der Waals surface area contributed by atoms with Crippen molar-refractivity contribution in [3.8, 4) is 5.69 Å². The molecule has 0 spiro atoms. The van der Waals surface area contributed by atoms with Crippen molar-refractivity contribution in [1.82, 2.24) is 9.47 Å². The zero-order chi connectivity index (χ0) is 22.2. The van der Waals surface area contributed by atoms with Gasteiger partial charge in [0.2, 0.25) is 0 Å². The number of benzene rings is 3. The van der Waals surface area contributed by atoms with Gasteiger partial charge < -0.3 is 14.8 Å². The predicted octanol–water partition coefficient (Wildman–Crippen LogP) is 6.20. The number of aryl methyl sites for hydroxylation is 1. The van der Waals surface area contributed by atoms with Gasteiger partial charge in [-0.25, -0.2) is 13.6 Å². The molecule has 2 heterocycles. The Hall–Kier alpha value is -3.93. The van der Waals surface area contributed by atoms with E-state index >= 15 is 0 Å². The van der Waals surface area contributed by atoms with Crippen LogP contribution in [0.1, 0.15) is 28.4 Å². The number of carbonyl (C=O) groups is 1. The molecule has 0 aliphatic carbocycles. The number of hydrogen-bond acceptors (Lipinski definition) is 1. The average molecular weight is 429 g/mol. The third kappa shape index (κ3) is 3.54. The summed E-state index contributed by atoms with van der Waals surface area (Å²) in [5.41, 5.74) is 4.60. The van der Waals surface area contributed by atoms with Gasteiger partial charge in [0.15, 0.2) is 0 Å². The number of halogens is 2. The molecule has 0 bridgehead atoms. The Balaban J connectivity index is 1.67. The summed E-state index contributed by atoms with van der Waals surface area (Å²) in [4.78, 5) is 15.2. The molecule has 0 radical (unpaired) electrons. The summed E-state index contributed by atoms with van der Waals surface area (Å²) < 4.78 is 30.4. The minimum Gasteiger partial charge on any atom is -0.318 e. The molecular weight excluding hydrogens is 408 g/mol. The van der Waals surface area contributed by atoms with Gasteiger partial charge in [-0.1, -0.05) is 36.4 Å². The highest BCUT2D eigenvalue weighted by atomic mass is 19.1. The van der Waals surface area contributed by atoms with E-state index < -0.39 is 17.7 Å². The summed E-state index contributed by atoms with van der Waals surface area (Å²) in [6, 6.07) is 21.4. The Morgan fingerprint density at radius 3 is 2.44 bits per heavy atom. The number of anilines is 1. The molecule has 1 N–H and O–H groups in total. The maximum atomic E-state index is 14.2. The van der Waals surface area contributed by atoms with Gasteiger partial charge in [-0.15, -0.1) is 0 Å². The van der Waals surface area contributed by atoms with Crippen molar-refractivity contribution in [2.75, 3.05) is 5.32 Å². The fourth-order valence-corrected chi connectivity index (χ4v) is 4.32. The van der Waals surface area contributed by atoms with Crippen LogP contribution in [-0.4, -0.2) is 15.5 Å². The predicted molar refractivity (Wildman–Crippen MR) is 120 cm³/mol. The number of amides is 2. The number of nitrogens with zero attached hydrogens (tertiary/aromatic N) is 2. The van der Waals surface area contributed by atoms with Crippen LogP contribution in [0, 0.1) is 18.6 Å². The van der Waals surface area contributed by atoms with Crippen molar-refractivity contribution < 1.29 is 13.6 Å². The molecule has 6 heteroatoms. The Morgan fingerprint density at radius 1 is 0.938 bits per heavy atom. The lowest BCUT2D eigenvalue weighted by Gasteiger charge is -2.31. The molecule has 4 nitrogen and oxygen atoms in total. The van der Waals surface area contributed by atoms with Crippen molar-refractivity contribution in [3.63, 3.8) is 0 Å². The van der Waals surface area contributed by atoms with E-state index in [1.165, 1.54) is 12.1 Å². The minimum absolute atomic E-state index is 0.276. The van der Waals surface area contributed by atoms with E-state index in [2.05, 4.69) is 5.32 Å². The maximum absolute atomic E-state index is 14.2. The van der Waals surface area contributed by atoms with Crippen LogP contribution in [0.2, 0.25) is 0 Å². The first kappa shape index (κ1) is 20.0. The second-order valence-electron chi connectivity index (χ2n) is 7.91. The SMILES string of the molecule is Cc1ccccc1NC(=O)N1Cc2ccccc2-n2cccc2[C@@H]1c1cc(F)cc(F)c1. The van der Waals surface area contributed by atoms with E-state index in [1.54, 1.807) is 4.90 Å². The number of aromatic nitrogens is 1. The van der Waals surface area contributed by atoms with Crippen LogP contribution < -0.4 is 5.32 Å². The summed E-state index contributed by atoms with van der Waals surface area (Å²) in [7, 11) is 0. The number of para-hydroxylation sites is 2. The van der Waals surface area contributed by atoms with E-state index in [0.29, 0.717) is 11.3 Å².